The summed E-state index contributed by atoms with van der Waals surface area (Å²) < 4.78 is 0.721. The van der Waals surface area contributed by atoms with Gasteiger partial charge in [0.1, 0.15) is 0 Å². The van der Waals surface area contributed by atoms with Crippen molar-refractivity contribution >= 4 is 21.7 Å². The summed E-state index contributed by atoms with van der Waals surface area (Å²) in [5, 5.41) is 8.76. The number of ketones is 1. The minimum Gasteiger partial charge on any atom is -0.294 e. The average molecular weight is 238 g/mol. The quantitative estimate of drug-likeness (QED) is 0.706. The number of nitrogens with zero attached hydrogens (tertiary/aromatic N) is 1. The van der Waals surface area contributed by atoms with Gasteiger partial charge in [-0.2, -0.15) is 5.26 Å². The van der Waals surface area contributed by atoms with Gasteiger partial charge in [0.15, 0.2) is 5.78 Å². The first-order chi connectivity index (χ1) is 6.07. The summed E-state index contributed by atoms with van der Waals surface area (Å²) >= 11 is 3.30. The molecular weight excluding hydrogens is 230 g/mol. The van der Waals surface area contributed by atoms with E-state index in [0.717, 1.165) is 10.0 Å². The van der Waals surface area contributed by atoms with Crippen molar-refractivity contribution in [3.8, 4) is 6.07 Å². The molecule has 0 amide bonds. The van der Waals surface area contributed by atoms with Crippen LogP contribution >= 0.6 is 15.9 Å². The second kappa shape index (κ2) is 3.71. The Labute approximate surface area is 85.3 Å². The highest BCUT2D eigenvalue weighted by molar-refractivity contribution is 9.10. The molecule has 0 saturated heterocycles. The third-order valence-electron chi connectivity index (χ3n) is 1.81. The number of aryl methyl sites for hydroxylation is 1. The van der Waals surface area contributed by atoms with E-state index < -0.39 is 0 Å². The first kappa shape index (κ1) is 9.94. The molecule has 66 valence electrons. The molecule has 3 heteroatoms. The van der Waals surface area contributed by atoms with Gasteiger partial charge in [0.2, 0.25) is 0 Å². The second-order valence-corrected chi connectivity index (χ2v) is 3.58. The van der Waals surface area contributed by atoms with E-state index in [1.54, 1.807) is 6.07 Å². The molecule has 1 rings (SSSR count). The van der Waals surface area contributed by atoms with Crippen LogP contribution in [0.2, 0.25) is 0 Å². The van der Waals surface area contributed by atoms with E-state index in [-0.39, 0.29) is 5.78 Å². The maximum absolute atomic E-state index is 11.2. The summed E-state index contributed by atoms with van der Waals surface area (Å²) in [4.78, 5) is 11.2. The smallest absolute Gasteiger partial charge is 0.162 e. The van der Waals surface area contributed by atoms with Crippen LogP contribution in [0.4, 0.5) is 0 Å². The standard InChI is InChI=1S/C10H8BrNO/c1-6-3-4-8(5-12)9(7(2)13)10(6)11/h3-4H,1-2H3. The number of carbonyl (C=O) groups is 1. The van der Waals surface area contributed by atoms with Gasteiger partial charge in [-0.1, -0.05) is 6.07 Å². The lowest BCUT2D eigenvalue weighted by atomic mass is 10.0. The van der Waals surface area contributed by atoms with Crippen molar-refractivity contribution in [2.75, 3.05) is 0 Å². The van der Waals surface area contributed by atoms with Crippen LogP contribution in [0.3, 0.4) is 0 Å². The van der Waals surface area contributed by atoms with Crippen molar-refractivity contribution in [3.63, 3.8) is 0 Å². The highest BCUT2D eigenvalue weighted by Gasteiger charge is 2.12. The Morgan fingerprint density at radius 2 is 2.15 bits per heavy atom. The minimum absolute atomic E-state index is 0.0906. The number of Topliss-reactive ketones (excluding diaryl/α,β-unsaturated/α-hetero) is 1. The predicted octanol–water partition coefficient (Wildman–Crippen LogP) is 2.83. The third-order valence-corrected chi connectivity index (χ3v) is 2.83. The average Bonchev–Trinajstić information content (AvgIpc) is 2.08. The maximum atomic E-state index is 11.2. The highest BCUT2D eigenvalue weighted by Crippen LogP contribution is 2.24. The Hall–Kier alpha value is -1.14. The molecule has 0 bridgehead atoms. The first-order valence-corrected chi connectivity index (χ1v) is 4.57. The molecule has 1 aromatic carbocycles. The van der Waals surface area contributed by atoms with Crippen LogP contribution in [-0.2, 0) is 0 Å². The fourth-order valence-corrected chi connectivity index (χ4v) is 1.74. The zero-order chi connectivity index (χ0) is 10.0. The molecule has 0 aliphatic carbocycles. The van der Waals surface area contributed by atoms with E-state index in [1.807, 2.05) is 19.1 Å². The lowest BCUT2D eigenvalue weighted by molar-refractivity contribution is 0.101. The van der Waals surface area contributed by atoms with Crippen molar-refractivity contribution in [1.82, 2.24) is 0 Å². The minimum atomic E-state index is -0.0906. The molecule has 0 spiro atoms. The van der Waals surface area contributed by atoms with Gasteiger partial charge < -0.3 is 0 Å². The largest absolute Gasteiger partial charge is 0.294 e. The maximum Gasteiger partial charge on any atom is 0.162 e. The zero-order valence-electron chi connectivity index (χ0n) is 7.39. The molecule has 0 aromatic heterocycles. The molecule has 1 aromatic rings. The Balaban J connectivity index is 3.53. The predicted molar refractivity (Wildman–Crippen MR) is 53.6 cm³/mol. The van der Waals surface area contributed by atoms with E-state index in [4.69, 9.17) is 5.26 Å². The Morgan fingerprint density at radius 3 is 2.62 bits per heavy atom. The van der Waals surface area contributed by atoms with Crippen molar-refractivity contribution in [2.45, 2.75) is 13.8 Å². The van der Waals surface area contributed by atoms with Crippen LogP contribution in [0.1, 0.15) is 28.4 Å². The van der Waals surface area contributed by atoms with Gasteiger partial charge in [-0.3, -0.25) is 4.79 Å². The van der Waals surface area contributed by atoms with Gasteiger partial charge in [0, 0.05) is 10.0 Å². The topological polar surface area (TPSA) is 40.9 Å². The zero-order valence-corrected chi connectivity index (χ0v) is 8.97. The van der Waals surface area contributed by atoms with Gasteiger partial charge in [0.25, 0.3) is 0 Å². The number of halogens is 1. The monoisotopic (exact) mass is 237 g/mol. The molecule has 0 fully saturated rings. The van der Waals surface area contributed by atoms with Crippen LogP contribution in [0, 0.1) is 18.3 Å². The van der Waals surface area contributed by atoms with Crippen molar-refractivity contribution < 1.29 is 4.79 Å². The van der Waals surface area contributed by atoms with Gasteiger partial charge >= 0.3 is 0 Å². The van der Waals surface area contributed by atoms with E-state index in [1.165, 1.54) is 6.92 Å². The lowest BCUT2D eigenvalue weighted by Gasteiger charge is -2.05. The molecule has 0 atom stereocenters. The molecular formula is C10H8BrNO. The van der Waals surface area contributed by atoms with Gasteiger partial charge in [-0.05, 0) is 41.4 Å². The molecule has 0 heterocycles. The second-order valence-electron chi connectivity index (χ2n) is 2.79. The van der Waals surface area contributed by atoms with Gasteiger partial charge in [0.05, 0.1) is 11.6 Å². The number of nitriles is 1. The molecule has 0 unspecified atom stereocenters. The number of carbonyl (C=O) groups excluding carboxylic acids is 1. The van der Waals surface area contributed by atoms with Crippen LogP contribution in [0.5, 0.6) is 0 Å². The normalized spacial score (nSPS) is 9.38. The van der Waals surface area contributed by atoms with Crippen molar-refractivity contribution in [2.24, 2.45) is 0 Å². The van der Waals surface area contributed by atoms with Crippen LogP contribution in [0.15, 0.2) is 16.6 Å². The van der Waals surface area contributed by atoms with Gasteiger partial charge in [-0.15, -0.1) is 0 Å². The fourth-order valence-electron chi connectivity index (χ4n) is 1.12. The first-order valence-electron chi connectivity index (χ1n) is 3.78. The Morgan fingerprint density at radius 1 is 1.54 bits per heavy atom. The summed E-state index contributed by atoms with van der Waals surface area (Å²) in [5.74, 6) is -0.0906. The molecule has 13 heavy (non-hydrogen) atoms. The van der Waals surface area contributed by atoms with E-state index >= 15 is 0 Å². The summed E-state index contributed by atoms with van der Waals surface area (Å²) in [6.45, 7) is 3.35. The fraction of sp³-hybridized carbons (Fsp3) is 0.200. The third kappa shape index (κ3) is 1.78. The van der Waals surface area contributed by atoms with Crippen molar-refractivity contribution in [1.29, 1.82) is 5.26 Å². The molecule has 0 N–H and O–H groups in total. The molecule has 0 aliphatic rings. The molecule has 0 saturated carbocycles. The van der Waals surface area contributed by atoms with E-state index in [0.29, 0.717) is 11.1 Å². The SMILES string of the molecule is CC(=O)c1c(C#N)ccc(C)c1Br. The van der Waals surface area contributed by atoms with E-state index in [9.17, 15) is 4.79 Å². The highest BCUT2D eigenvalue weighted by atomic mass is 79.9. The number of benzene rings is 1. The van der Waals surface area contributed by atoms with Gasteiger partial charge in [-0.25, -0.2) is 0 Å². The molecule has 0 aliphatic heterocycles. The Bertz CT molecular complexity index is 404. The van der Waals surface area contributed by atoms with Crippen LogP contribution in [0.25, 0.3) is 0 Å². The summed E-state index contributed by atoms with van der Waals surface area (Å²) in [7, 11) is 0. The summed E-state index contributed by atoms with van der Waals surface area (Å²) in [6, 6.07) is 5.47. The summed E-state index contributed by atoms with van der Waals surface area (Å²) in [5.41, 5.74) is 1.86. The number of rotatable bonds is 1. The summed E-state index contributed by atoms with van der Waals surface area (Å²) in [6.07, 6.45) is 0. The molecule has 0 radical (unpaired) electrons. The van der Waals surface area contributed by atoms with Crippen LogP contribution < -0.4 is 0 Å². The lowest BCUT2D eigenvalue weighted by Crippen LogP contribution is -1.99. The molecule has 2 nitrogen and oxygen atoms in total. The number of hydrogen-bond acceptors (Lipinski definition) is 2. The van der Waals surface area contributed by atoms with E-state index in [2.05, 4.69) is 15.9 Å². The van der Waals surface area contributed by atoms with Crippen molar-refractivity contribution in [3.05, 3.63) is 33.3 Å². The van der Waals surface area contributed by atoms with Crippen LogP contribution in [-0.4, -0.2) is 5.78 Å². The Kier molecular flexibility index (Phi) is 2.84. The number of hydrogen-bond donors (Lipinski definition) is 0.